The maximum absolute atomic E-state index is 12.7. The molecule has 0 N–H and O–H groups in total. The first-order valence-electron chi connectivity index (χ1n) is 9.61. The Balaban J connectivity index is 1.64. The van der Waals surface area contributed by atoms with Crippen LogP contribution in [0.2, 0.25) is 0 Å². The van der Waals surface area contributed by atoms with Crippen LogP contribution >= 0.6 is 0 Å². The molecule has 0 radical (unpaired) electrons. The zero-order chi connectivity index (χ0) is 19.6. The summed E-state index contributed by atoms with van der Waals surface area (Å²) in [5.74, 6) is -0.753. The van der Waals surface area contributed by atoms with Crippen LogP contribution in [0.5, 0.6) is 0 Å². The van der Waals surface area contributed by atoms with Crippen LogP contribution < -0.4 is 0 Å². The van der Waals surface area contributed by atoms with Gasteiger partial charge >= 0.3 is 5.97 Å². The Morgan fingerprint density at radius 2 is 2.00 bits per heavy atom. The second kappa shape index (κ2) is 8.00. The number of fused-ring (bicyclic) bond motifs is 1. The van der Waals surface area contributed by atoms with Gasteiger partial charge in [-0.1, -0.05) is 13.0 Å². The molecule has 0 spiro atoms. The molecule has 2 aliphatic rings. The van der Waals surface area contributed by atoms with Crippen molar-refractivity contribution < 1.29 is 22.7 Å². The Hall–Kier alpha value is -1.89. The number of rotatable bonds is 6. The maximum atomic E-state index is 12.7. The summed E-state index contributed by atoms with van der Waals surface area (Å²) in [7, 11) is -3.10. The second-order valence-corrected chi connectivity index (χ2v) is 9.76. The van der Waals surface area contributed by atoms with Gasteiger partial charge in [-0.05, 0) is 62.3 Å². The average Bonchev–Trinajstić information content (AvgIpc) is 3.24. The minimum Gasteiger partial charge on any atom is -0.452 e. The number of benzene rings is 1. The van der Waals surface area contributed by atoms with E-state index in [2.05, 4.69) is 0 Å². The molecule has 1 saturated heterocycles. The second-order valence-electron chi connectivity index (χ2n) is 7.53. The van der Waals surface area contributed by atoms with Gasteiger partial charge in [0.25, 0.3) is 5.91 Å². The molecule has 0 saturated carbocycles. The Labute approximate surface area is 160 Å². The SMILES string of the molecule is CC[C@@H](C)N(C(=O)COC(=O)c1ccc2c(c1)CCC2)[C@@H]1CCS(=O)(=O)C1. The quantitative estimate of drug-likeness (QED) is 0.692. The number of hydrogen-bond acceptors (Lipinski definition) is 5. The average molecular weight is 394 g/mol. The van der Waals surface area contributed by atoms with E-state index in [1.54, 1.807) is 11.0 Å². The predicted molar refractivity (Wildman–Crippen MR) is 102 cm³/mol. The molecule has 27 heavy (non-hydrogen) atoms. The summed E-state index contributed by atoms with van der Waals surface area (Å²) in [6.45, 7) is 3.48. The highest BCUT2D eigenvalue weighted by molar-refractivity contribution is 7.91. The smallest absolute Gasteiger partial charge is 0.338 e. The van der Waals surface area contributed by atoms with E-state index < -0.39 is 15.8 Å². The number of nitrogens with zero attached hydrogens (tertiary/aromatic N) is 1. The van der Waals surface area contributed by atoms with Crippen LogP contribution in [-0.4, -0.2) is 55.4 Å². The molecule has 1 aromatic carbocycles. The molecule has 0 aromatic heterocycles. The van der Waals surface area contributed by atoms with Crippen molar-refractivity contribution in [2.45, 2.75) is 58.0 Å². The molecule has 1 heterocycles. The van der Waals surface area contributed by atoms with Crippen molar-refractivity contribution in [2.75, 3.05) is 18.1 Å². The Bertz CT molecular complexity index is 833. The van der Waals surface area contributed by atoms with Crippen LogP contribution in [0.15, 0.2) is 18.2 Å². The monoisotopic (exact) mass is 393 g/mol. The molecule has 7 heteroatoms. The lowest BCUT2D eigenvalue weighted by Crippen LogP contribution is -2.48. The first kappa shape index (κ1) is 19.9. The maximum Gasteiger partial charge on any atom is 0.338 e. The topological polar surface area (TPSA) is 80.8 Å². The van der Waals surface area contributed by atoms with E-state index in [9.17, 15) is 18.0 Å². The molecule has 6 nitrogen and oxygen atoms in total. The number of hydrogen-bond donors (Lipinski definition) is 0. The molecule has 148 valence electrons. The van der Waals surface area contributed by atoms with Crippen molar-refractivity contribution >= 4 is 21.7 Å². The summed E-state index contributed by atoms with van der Waals surface area (Å²) in [5.41, 5.74) is 2.91. The normalized spacial score (nSPS) is 21.5. The summed E-state index contributed by atoms with van der Waals surface area (Å²) >= 11 is 0. The zero-order valence-corrected chi connectivity index (χ0v) is 16.8. The molecule has 0 bridgehead atoms. The molecule has 3 rings (SSSR count). The van der Waals surface area contributed by atoms with Crippen molar-refractivity contribution in [3.8, 4) is 0 Å². The summed E-state index contributed by atoms with van der Waals surface area (Å²) in [6, 6.07) is 5.11. The summed E-state index contributed by atoms with van der Waals surface area (Å²) in [4.78, 5) is 26.7. The number of carbonyl (C=O) groups excluding carboxylic acids is 2. The largest absolute Gasteiger partial charge is 0.452 e. The van der Waals surface area contributed by atoms with Crippen LogP contribution in [0, 0.1) is 0 Å². The van der Waals surface area contributed by atoms with E-state index in [1.807, 2.05) is 26.0 Å². The first-order valence-corrected chi connectivity index (χ1v) is 11.4. The Morgan fingerprint density at radius 1 is 1.26 bits per heavy atom. The predicted octanol–water partition coefficient (Wildman–Crippen LogP) is 2.15. The lowest BCUT2D eigenvalue weighted by Gasteiger charge is -2.33. The Morgan fingerprint density at radius 3 is 2.67 bits per heavy atom. The van der Waals surface area contributed by atoms with Gasteiger partial charge in [0.1, 0.15) is 0 Å². The number of carbonyl (C=O) groups is 2. The summed E-state index contributed by atoms with van der Waals surface area (Å²) < 4.78 is 28.9. The molecule has 1 aliphatic heterocycles. The number of esters is 1. The number of aryl methyl sites for hydroxylation is 2. The lowest BCUT2D eigenvalue weighted by atomic mass is 10.1. The fourth-order valence-corrected chi connectivity index (χ4v) is 5.70. The van der Waals surface area contributed by atoms with Crippen LogP contribution in [0.1, 0.15) is 54.6 Å². The van der Waals surface area contributed by atoms with Crippen LogP contribution in [0.4, 0.5) is 0 Å². The highest BCUT2D eigenvalue weighted by Gasteiger charge is 2.36. The fraction of sp³-hybridized carbons (Fsp3) is 0.600. The molecular weight excluding hydrogens is 366 g/mol. The molecule has 2 atom stereocenters. The summed E-state index contributed by atoms with van der Waals surface area (Å²) in [5, 5.41) is 0. The molecule has 1 aliphatic carbocycles. The molecule has 1 fully saturated rings. The van der Waals surface area contributed by atoms with Gasteiger partial charge in [0.15, 0.2) is 16.4 Å². The van der Waals surface area contributed by atoms with Crippen molar-refractivity contribution in [1.82, 2.24) is 4.90 Å². The number of sulfone groups is 1. The highest BCUT2D eigenvalue weighted by Crippen LogP contribution is 2.24. The van der Waals surface area contributed by atoms with Crippen molar-refractivity contribution in [3.05, 3.63) is 34.9 Å². The van der Waals surface area contributed by atoms with Crippen molar-refractivity contribution in [1.29, 1.82) is 0 Å². The van der Waals surface area contributed by atoms with Gasteiger partial charge in [-0.25, -0.2) is 13.2 Å². The van der Waals surface area contributed by atoms with Gasteiger partial charge in [-0.15, -0.1) is 0 Å². The van der Waals surface area contributed by atoms with E-state index >= 15 is 0 Å². The van der Waals surface area contributed by atoms with Crippen molar-refractivity contribution in [3.63, 3.8) is 0 Å². The van der Waals surface area contributed by atoms with Crippen LogP contribution in [0.3, 0.4) is 0 Å². The fourth-order valence-electron chi connectivity index (χ4n) is 3.98. The molecule has 1 amide bonds. The van der Waals surface area contributed by atoms with Gasteiger partial charge in [-0.2, -0.15) is 0 Å². The highest BCUT2D eigenvalue weighted by atomic mass is 32.2. The minimum atomic E-state index is -3.10. The molecular formula is C20H27NO5S. The molecule has 1 aromatic rings. The minimum absolute atomic E-state index is 0.0121. The standard InChI is InChI=1S/C20H27NO5S/c1-3-14(2)21(18-9-10-27(24,25)13-18)19(22)12-26-20(23)17-8-7-15-5-4-6-16(15)11-17/h7-8,11,14,18H,3-6,9-10,12-13H2,1-2H3/t14-,18-/m1/s1. The van der Waals surface area contributed by atoms with E-state index in [0.29, 0.717) is 18.4 Å². The first-order chi connectivity index (χ1) is 12.8. The summed E-state index contributed by atoms with van der Waals surface area (Å²) in [6.07, 6.45) is 4.25. The third kappa shape index (κ3) is 4.51. The van der Waals surface area contributed by atoms with Crippen molar-refractivity contribution in [2.24, 2.45) is 0 Å². The number of amides is 1. The number of ether oxygens (including phenoxy) is 1. The van der Waals surface area contributed by atoms with E-state index in [1.165, 1.54) is 11.1 Å². The Kier molecular flexibility index (Phi) is 5.89. The lowest BCUT2D eigenvalue weighted by molar-refractivity contribution is -0.138. The van der Waals surface area contributed by atoms with E-state index in [-0.39, 0.29) is 36.1 Å². The van der Waals surface area contributed by atoms with Gasteiger partial charge in [0.2, 0.25) is 0 Å². The van der Waals surface area contributed by atoms with Crippen LogP contribution in [0.25, 0.3) is 0 Å². The van der Waals surface area contributed by atoms with Gasteiger partial charge in [0.05, 0.1) is 17.1 Å². The van der Waals surface area contributed by atoms with Gasteiger partial charge in [0, 0.05) is 12.1 Å². The third-order valence-electron chi connectivity index (χ3n) is 5.62. The zero-order valence-electron chi connectivity index (χ0n) is 15.9. The molecule has 0 unspecified atom stereocenters. The van der Waals surface area contributed by atoms with E-state index in [0.717, 1.165) is 19.3 Å². The van der Waals surface area contributed by atoms with E-state index in [4.69, 9.17) is 4.74 Å². The third-order valence-corrected chi connectivity index (χ3v) is 7.37. The van der Waals surface area contributed by atoms with Gasteiger partial charge < -0.3 is 9.64 Å². The van der Waals surface area contributed by atoms with Gasteiger partial charge in [-0.3, -0.25) is 4.79 Å². The van der Waals surface area contributed by atoms with Crippen LogP contribution in [-0.2, 0) is 32.2 Å².